The lowest BCUT2D eigenvalue weighted by molar-refractivity contribution is -0.154. The summed E-state index contributed by atoms with van der Waals surface area (Å²) in [6.45, 7) is 1.70. The highest BCUT2D eigenvalue weighted by molar-refractivity contribution is 6.08. The summed E-state index contributed by atoms with van der Waals surface area (Å²) in [5.74, 6) is -1.29. The van der Waals surface area contributed by atoms with Crippen LogP contribution in [0, 0.1) is 35.5 Å². The van der Waals surface area contributed by atoms with E-state index in [1.807, 2.05) is 12.2 Å². The van der Waals surface area contributed by atoms with Crippen LogP contribution in [0.15, 0.2) is 36.4 Å². The van der Waals surface area contributed by atoms with Crippen LogP contribution in [0.3, 0.4) is 0 Å². The van der Waals surface area contributed by atoms with Gasteiger partial charge in [-0.15, -0.1) is 0 Å². The smallest absolute Gasteiger partial charge is 0.272 e. The van der Waals surface area contributed by atoms with Crippen molar-refractivity contribution in [2.45, 2.75) is 19.5 Å². The van der Waals surface area contributed by atoms with Crippen LogP contribution in [0.2, 0.25) is 0 Å². The average molecular weight is 404 g/mol. The van der Waals surface area contributed by atoms with Gasteiger partial charge in [0.05, 0.1) is 17.4 Å². The van der Waals surface area contributed by atoms with Gasteiger partial charge in [0.1, 0.15) is 0 Å². The number of alkyl halides is 3. The maximum absolute atomic E-state index is 13.2. The van der Waals surface area contributed by atoms with Gasteiger partial charge in [-0.1, -0.05) is 12.2 Å². The lowest BCUT2D eigenvalue weighted by atomic mass is 9.63. The third-order valence-electron chi connectivity index (χ3n) is 6.87. The van der Waals surface area contributed by atoms with E-state index in [4.69, 9.17) is 0 Å². The van der Waals surface area contributed by atoms with Gasteiger partial charge < -0.3 is 0 Å². The van der Waals surface area contributed by atoms with Crippen LogP contribution in [0.5, 0.6) is 0 Å². The van der Waals surface area contributed by atoms with Gasteiger partial charge in [0, 0.05) is 12.1 Å². The molecule has 8 heteroatoms. The molecule has 29 heavy (non-hydrogen) atoms. The van der Waals surface area contributed by atoms with Crippen molar-refractivity contribution in [1.29, 1.82) is 0 Å². The van der Waals surface area contributed by atoms with Crippen LogP contribution in [-0.2, 0) is 15.8 Å². The van der Waals surface area contributed by atoms with Crippen molar-refractivity contribution >= 4 is 17.7 Å². The number of rotatable bonds is 3. The van der Waals surface area contributed by atoms with Gasteiger partial charge in [-0.2, -0.15) is 18.2 Å². The van der Waals surface area contributed by atoms with E-state index < -0.39 is 29.5 Å². The van der Waals surface area contributed by atoms with Crippen molar-refractivity contribution in [2.24, 2.45) is 35.5 Å². The molecule has 3 amide bonds. The second-order valence-electron chi connectivity index (χ2n) is 8.24. The normalized spacial score (nSPS) is 34.3. The lowest BCUT2D eigenvalue weighted by Gasteiger charge is -2.37. The molecule has 0 spiro atoms. The number of halogens is 3. The summed E-state index contributed by atoms with van der Waals surface area (Å²) < 4.78 is 38.3. The van der Waals surface area contributed by atoms with E-state index in [1.54, 1.807) is 6.92 Å². The number of carbonyl (C=O) groups is 3. The third kappa shape index (κ3) is 2.50. The number of hydrazine groups is 1. The summed E-state index contributed by atoms with van der Waals surface area (Å²) >= 11 is 0. The van der Waals surface area contributed by atoms with E-state index in [1.165, 1.54) is 0 Å². The van der Waals surface area contributed by atoms with E-state index in [2.05, 4.69) is 0 Å². The number of carbonyl (C=O) groups excluding carboxylic acids is 3. The van der Waals surface area contributed by atoms with E-state index in [9.17, 15) is 27.6 Å². The molecule has 1 saturated heterocycles. The average Bonchev–Trinajstić information content (AvgIpc) is 3.48. The largest absolute Gasteiger partial charge is 0.416 e. The molecule has 1 aliphatic heterocycles. The number of benzene rings is 1. The number of hydrogen-bond acceptors (Lipinski definition) is 3. The molecule has 6 rings (SSSR count). The Balaban J connectivity index is 1.43. The summed E-state index contributed by atoms with van der Waals surface area (Å²) in [6, 6.07) is 3.80. The van der Waals surface area contributed by atoms with Gasteiger partial charge >= 0.3 is 6.18 Å². The summed E-state index contributed by atoms with van der Waals surface area (Å²) in [5.41, 5.74) is -0.863. The van der Waals surface area contributed by atoms with Crippen LogP contribution in [0.25, 0.3) is 0 Å². The predicted octanol–water partition coefficient (Wildman–Crippen LogP) is 3.14. The van der Waals surface area contributed by atoms with E-state index in [0.717, 1.165) is 40.7 Å². The molecule has 1 aromatic carbocycles. The van der Waals surface area contributed by atoms with Crippen LogP contribution < -0.4 is 0 Å². The molecule has 5 nitrogen and oxygen atoms in total. The fourth-order valence-electron chi connectivity index (χ4n) is 5.51. The minimum absolute atomic E-state index is 0.000680. The van der Waals surface area contributed by atoms with Crippen molar-refractivity contribution in [1.82, 2.24) is 10.0 Å². The molecular formula is C21H19F3N2O3. The predicted molar refractivity (Wildman–Crippen MR) is 94.7 cm³/mol. The van der Waals surface area contributed by atoms with Gasteiger partial charge in [0.15, 0.2) is 0 Å². The maximum Gasteiger partial charge on any atom is 0.416 e. The first-order valence-electron chi connectivity index (χ1n) is 9.79. The molecular weight excluding hydrogens is 385 g/mol. The van der Waals surface area contributed by atoms with Gasteiger partial charge in [-0.05, 0) is 61.3 Å². The first-order chi connectivity index (χ1) is 13.7. The highest BCUT2D eigenvalue weighted by atomic mass is 19.4. The van der Waals surface area contributed by atoms with E-state index in [0.29, 0.717) is 11.8 Å². The summed E-state index contributed by atoms with van der Waals surface area (Å²) in [7, 11) is 0. The molecule has 1 aromatic rings. The van der Waals surface area contributed by atoms with Crippen LogP contribution in [0.4, 0.5) is 13.2 Å². The van der Waals surface area contributed by atoms with Crippen molar-refractivity contribution in [3.05, 3.63) is 47.5 Å². The lowest BCUT2D eigenvalue weighted by Crippen LogP contribution is -2.50. The van der Waals surface area contributed by atoms with Gasteiger partial charge in [0.2, 0.25) is 0 Å². The highest BCUT2D eigenvalue weighted by Gasteiger charge is 2.68. The SMILES string of the molecule is CCN(C(=O)c1ccc(C(F)(F)F)cc1)N1C(=O)C2C3C=CC(C4CC34)C2C1=O. The fourth-order valence-corrected chi connectivity index (χ4v) is 5.51. The second-order valence-corrected chi connectivity index (χ2v) is 8.24. The summed E-state index contributed by atoms with van der Waals surface area (Å²) in [6.07, 6.45) is 0.624. The third-order valence-corrected chi connectivity index (χ3v) is 6.87. The van der Waals surface area contributed by atoms with Crippen molar-refractivity contribution in [3.8, 4) is 0 Å². The molecule has 2 saturated carbocycles. The molecule has 0 N–H and O–H groups in total. The Hall–Kier alpha value is -2.64. The number of amides is 3. The van der Waals surface area contributed by atoms with Crippen molar-refractivity contribution in [2.75, 3.05) is 6.54 Å². The summed E-state index contributed by atoms with van der Waals surface area (Å²) in [5, 5.41) is 2.02. The first kappa shape index (κ1) is 18.4. The molecule has 0 radical (unpaired) electrons. The van der Waals surface area contributed by atoms with Crippen molar-refractivity contribution < 1.29 is 27.6 Å². The zero-order chi connectivity index (χ0) is 20.7. The summed E-state index contributed by atoms with van der Waals surface area (Å²) in [4.78, 5) is 39.3. The standard InChI is InChI=1S/C21H19F3N2O3/c1-2-25(18(27)10-3-5-11(6-4-10)21(22,23)24)26-19(28)16-12-7-8-13(15-9-14(12)15)17(16)20(26)29/h3-8,12-17H,2,9H2,1H3. The number of imide groups is 1. The quantitative estimate of drug-likeness (QED) is 0.575. The van der Waals surface area contributed by atoms with E-state index in [-0.39, 0.29) is 35.8 Å². The van der Waals surface area contributed by atoms with Crippen LogP contribution >= 0.6 is 0 Å². The van der Waals surface area contributed by atoms with Crippen molar-refractivity contribution in [3.63, 3.8) is 0 Å². The molecule has 6 atom stereocenters. The van der Waals surface area contributed by atoms with Gasteiger partial charge in [0.25, 0.3) is 17.7 Å². The molecule has 152 valence electrons. The van der Waals surface area contributed by atoms with Gasteiger partial charge in [-0.3, -0.25) is 14.4 Å². The Bertz CT molecular complexity index is 903. The molecule has 6 unspecified atom stereocenters. The Morgan fingerprint density at radius 3 is 2.00 bits per heavy atom. The topological polar surface area (TPSA) is 57.7 Å². The molecule has 2 bridgehead atoms. The molecule has 4 aliphatic carbocycles. The number of allylic oxidation sites excluding steroid dienone is 2. The Morgan fingerprint density at radius 2 is 1.55 bits per heavy atom. The molecule has 1 heterocycles. The zero-order valence-corrected chi connectivity index (χ0v) is 15.6. The monoisotopic (exact) mass is 404 g/mol. The maximum atomic E-state index is 13.2. The Kier molecular flexibility index (Phi) is 3.76. The van der Waals surface area contributed by atoms with Crippen LogP contribution in [-0.4, -0.2) is 34.3 Å². The fraction of sp³-hybridized carbons (Fsp3) is 0.476. The second kappa shape index (κ2) is 5.93. The minimum Gasteiger partial charge on any atom is -0.272 e. The van der Waals surface area contributed by atoms with E-state index >= 15 is 0 Å². The number of nitrogens with zero attached hydrogens (tertiary/aromatic N) is 2. The number of hydrogen-bond donors (Lipinski definition) is 0. The molecule has 3 fully saturated rings. The zero-order valence-electron chi connectivity index (χ0n) is 15.6. The highest BCUT2D eigenvalue weighted by Crippen LogP contribution is 2.65. The first-order valence-corrected chi connectivity index (χ1v) is 9.79. The van der Waals surface area contributed by atoms with Gasteiger partial charge in [-0.25, -0.2) is 5.01 Å². The minimum atomic E-state index is -4.50. The Labute approximate surface area is 165 Å². The Morgan fingerprint density at radius 1 is 1.03 bits per heavy atom. The molecule has 5 aliphatic rings. The van der Waals surface area contributed by atoms with Crippen LogP contribution in [0.1, 0.15) is 29.3 Å². The molecule has 0 aromatic heterocycles.